The van der Waals surface area contributed by atoms with Crippen LogP contribution in [0.4, 0.5) is 0 Å². The van der Waals surface area contributed by atoms with Gasteiger partial charge >= 0.3 is 17.9 Å². The Balaban J connectivity index is 1.59. The predicted octanol–water partition coefficient (Wildman–Crippen LogP) is 4.84. The second-order valence-corrected chi connectivity index (χ2v) is 11.9. The molecule has 0 aromatic heterocycles. The lowest BCUT2D eigenvalue weighted by Gasteiger charge is -2.63. The fraction of sp³-hybridized carbons (Fsp3) is 0.885. The number of rotatable bonds is 6. The highest BCUT2D eigenvalue weighted by Crippen LogP contribution is 2.72. The summed E-state index contributed by atoms with van der Waals surface area (Å²) in [4.78, 5) is 36.3. The molecule has 1 N–H and O–H groups in total. The third kappa shape index (κ3) is 3.66. The Morgan fingerprint density at radius 3 is 2.41 bits per heavy atom. The Kier molecular flexibility index (Phi) is 6.13. The average molecular weight is 449 g/mol. The van der Waals surface area contributed by atoms with E-state index in [2.05, 4.69) is 6.92 Å². The molecule has 4 fully saturated rings. The lowest BCUT2D eigenvalue weighted by Crippen LogP contribution is -2.60. The smallest absolute Gasteiger partial charge is 0.313 e. The van der Waals surface area contributed by atoms with Crippen LogP contribution in [-0.2, 0) is 23.9 Å². The van der Waals surface area contributed by atoms with Crippen molar-refractivity contribution < 1.29 is 29.0 Å². The van der Waals surface area contributed by atoms with Gasteiger partial charge in [-0.3, -0.25) is 14.4 Å². The standard InChI is InChI=1S/C26H40O6/c1-16(2)22(28)32-15-26(23(29)30)10-5-9-24(4)20-7-6-18-12-25(20,11-8-21(24)26)13-19(18)14-31-17(3)27/h16,18-21H,5-15H2,1-4H3,(H,29,30). The van der Waals surface area contributed by atoms with Crippen molar-refractivity contribution in [2.45, 2.75) is 85.5 Å². The number of hydrogen-bond acceptors (Lipinski definition) is 5. The molecule has 32 heavy (non-hydrogen) atoms. The first kappa shape index (κ1) is 23.6. The van der Waals surface area contributed by atoms with Crippen LogP contribution in [0, 0.1) is 45.8 Å². The molecule has 0 heterocycles. The molecule has 0 aliphatic heterocycles. The minimum absolute atomic E-state index is 0.00295. The molecular weight excluding hydrogens is 408 g/mol. The molecule has 180 valence electrons. The first-order chi connectivity index (χ1) is 15.0. The van der Waals surface area contributed by atoms with E-state index in [0.717, 1.165) is 44.9 Å². The minimum Gasteiger partial charge on any atom is -0.481 e. The number of hydrogen-bond donors (Lipinski definition) is 1. The monoisotopic (exact) mass is 448 g/mol. The molecule has 6 heteroatoms. The fourth-order valence-electron chi connectivity index (χ4n) is 8.67. The van der Waals surface area contributed by atoms with Gasteiger partial charge in [0.15, 0.2) is 0 Å². The highest BCUT2D eigenvalue weighted by Gasteiger charge is 2.67. The molecule has 4 saturated carbocycles. The van der Waals surface area contributed by atoms with Crippen LogP contribution in [0.15, 0.2) is 0 Å². The lowest BCUT2D eigenvalue weighted by atomic mass is 9.40. The van der Waals surface area contributed by atoms with Crippen molar-refractivity contribution in [3.8, 4) is 0 Å². The van der Waals surface area contributed by atoms with E-state index >= 15 is 0 Å². The predicted molar refractivity (Wildman–Crippen MR) is 119 cm³/mol. The molecule has 2 bridgehead atoms. The molecular formula is C26H40O6. The quantitative estimate of drug-likeness (QED) is 0.585. The highest BCUT2D eigenvalue weighted by molar-refractivity contribution is 5.77. The normalized spacial score (nSPS) is 42.7. The second-order valence-electron chi connectivity index (χ2n) is 11.9. The van der Waals surface area contributed by atoms with Gasteiger partial charge in [0.05, 0.1) is 12.5 Å². The molecule has 6 nitrogen and oxygen atoms in total. The maximum Gasteiger partial charge on any atom is 0.313 e. The number of fused-ring (bicyclic) bond motifs is 3. The Hall–Kier alpha value is -1.59. The summed E-state index contributed by atoms with van der Waals surface area (Å²) in [5, 5.41) is 10.4. The van der Waals surface area contributed by atoms with E-state index in [0.29, 0.717) is 30.8 Å². The van der Waals surface area contributed by atoms with Gasteiger partial charge in [0.25, 0.3) is 0 Å². The third-order valence-electron chi connectivity index (χ3n) is 9.97. The van der Waals surface area contributed by atoms with Crippen molar-refractivity contribution in [3.05, 3.63) is 0 Å². The molecule has 7 atom stereocenters. The minimum atomic E-state index is -0.980. The number of aliphatic carboxylic acids is 1. The zero-order valence-corrected chi connectivity index (χ0v) is 20.2. The summed E-state index contributed by atoms with van der Waals surface area (Å²) in [5.74, 6) is 0.00469. The van der Waals surface area contributed by atoms with Crippen LogP contribution in [0.2, 0.25) is 0 Å². The number of carbonyl (C=O) groups is 3. The van der Waals surface area contributed by atoms with E-state index in [-0.39, 0.29) is 41.2 Å². The molecule has 0 saturated heterocycles. The van der Waals surface area contributed by atoms with Gasteiger partial charge in [0.2, 0.25) is 0 Å². The summed E-state index contributed by atoms with van der Waals surface area (Å²) >= 11 is 0. The van der Waals surface area contributed by atoms with E-state index in [1.165, 1.54) is 13.3 Å². The highest BCUT2D eigenvalue weighted by atomic mass is 16.5. The van der Waals surface area contributed by atoms with Crippen LogP contribution in [0.25, 0.3) is 0 Å². The van der Waals surface area contributed by atoms with Gasteiger partial charge in [0, 0.05) is 6.92 Å². The van der Waals surface area contributed by atoms with E-state index in [4.69, 9.17) is 9.47 Å². The van der Waals surface area contributed by atoms with Gasteiger partial charge in [-0.05, 0) is 85.9 Å². The van der Waals surface area contributed by atoms with Crippen LogP contribution >= 0.6 is 0 Å². The lowest BCUT2D eigenvalue weighted by molar-refractivity contribution is -0.197. The molecule has 0 radical (unpaired) electrons. The van der Waals surface area contributed by atoms with Crippen molar-refractivity contribution in [1.29, 1.82) is 0 Å². The summed E-state index contributed by atoms with van der Waals surface area (Å²) < 4.78 is 11.0. The van der Waals surface area contributed by atoms with E-state index in [9.17, 15) is 19.5 Å². The van der Waals surface area contributed by atoms with Crippen molar-refractivity contribution in [2.24, 2.45) is 45.8 Å². The zero-order chi connectivity index (χ0) is 23.3. The molecule has 0 amide bonds. The van der Waals surface area contributed by atoms with Gasteiger partial charge in [-0.2, -0.15) is 0 Å². The summed E-state index contributed by atoms with van der Waals surface area (Å²) in [5.41, 5.74) is -0.790. The van der Waals surface area contributed by atoms with Gasteiger partial charge < -0.3 is 14.6 Å². The first-order valence-electron chi connectivity index (χ1n) is 12.6. The molecule has 4 aliphatic carbocycles. The number of ether oxygens (including phenoxy) is 2. The van der Waals surface area contributed by atoms with E-state index < -0.39 is 11.4 Å². The van der Waals surface area contributed by atoms with E-state index in [1.54, 1.807) is 13.8 Å². The summed E-state index contributed by atoms with van der Waals surface area (Å²) in [6.45, 7) is 7.92. The SMILES string of the molecule is CC(=O)OCC1CC23CCC4C(COC(=O)C(C)C)(C(=O)O)CCCC4(C)C2CCC1C3. The maximum atomic E-state index is 12.7. The molecule has 0 aromatic rings. The molecule has 4 aliphatic rings. The number of carbonyl (C=O) groups excluding carboxylic acids is 2. The average Bonchev–Trinajstić information content (AvgIpc) is 2.99. The van der Waals surface area contributed by atoms with E-state index in [1.807, 2.05) is 0 Å². The third-order valence-corrected chi connectivity index (χ3v) is 9.97. The van der Waals surface area contributed by atoms with Gasteiger partial charge in [-0.15, -0.1) is 0 Å². The Labute approximate surface area is 191 Å². The topological polar surface area (TPSA) is 89.9 Å². The van der Waals surface area contributed by atoms with Gasteiger partial charge in [-0.1, -0.05) is 27.2 Å². The Bertz CT molecular complexity index is 776. The molecule has 0 aromatic carbocycles. The second kappa shape index (κ2) is 8.32. The van der Waals surface area contributed by atoms with Crippen LogP contribution in [-0.4, -0.2) is 36.2 Å². The summed E-state index contributed by atoms with van der Waals surface area (Å²) in [7, 11) is 0. The van der Waals surface area contributed by atoms with Crippen molar-refractivity contribution in [1.82, 2.24) is 0 Å². The van der Waals surface area contributed by atoms with Crippen molar-refractivity contribution in [2.75, 3.05) is 13.2 Å². The zero-order valence-electron chi connectivity index (χ0n) is 20.2. The number of carboxylic acid groups (broad SMARTS) is 1. The van der Waals surface area contributed by atoms with Crippen molar-refractivity contribution in [3.63, 3.8) is 0 Å². The van der Waals surface area contributed by atoms with Crippen LogP contribution in [0.3, 0.4) is 0 Å². The maximum absolute atomic E-state index is 12.7. The Morgan fingerprint density at radius 1 is 1.00 bits per heavy atom. The summed E-state index contributed by atoms with van der Waals surface area (Å²) in [6.07, 6.45) is 8.99. The molecule has 1 spiro atoms. The summed E-state index contributed by atoms with van der Waals surface area (Å²) in [6, 6.07) is 0. The molecule has 7 unspecified atom stereocenters. The largest absolute Gasteiger partial charge is 0.481 e. The van der Waals surface area contributed by atoms with Gasteiger partial charge in [0.1, 0.15) is 12.0 Å². The fourth-order valence-corrected chi connectivity index (χ4v) is 8.67. The number of esters is 2. The first-order valence-corrected chi connectivity index (χ1v) is 12.6. The van der Waals surface area contributed by atoms with Gasteiger partial charge in [-0.25, -0.2) is 0 Å². The van der Waals surface area contributed by atoms with Crippen molar-refractivity contribution >= 4 is 17.9 Å². The van der Waals surface area contributed by atoms with Crippen LogP contribution < -0.4 is 0 Å². The van der Waals surface area contributed by atoms with Crippen LogP contribution in [0.1, 0.15) is 85.5 Å². The number of carboxylic acids is 1. The van der Waals surface area contributed by atoms with Crippen LogP contribution in [0.5, 0.6) is 0 Å². The Morgan fingerprint density at radius 2 is 1.75 bits per heavy atom. The molecule has 4 rings (SSSR count).